The summed E-state index contributed by atoms with van der Waals surface area (Å²) in [5.74, 6) is 0.153. The van der Waals surface area contributed by atoms with Gasteiger partial charge in [0.1, 0.15) is 5.82 Å². The Morgan fingerprint density at radius 1 is 1.32 bits per heavy atom. The molecular formula is C16H23FN2. The standard InChI is InChI=1S/C16H23FN2/c1-12(2)13(9-18)10-19-11-16(3,4)14-7-5-6-8-15(14)17/h5-8,12-13,19H,10-11H2,1-4H3. The molecule has 0 saturated heterocycles. The molecule has 0 fully saturated rings. The van der Waals surface area contributed by atoms with Gasteiger partial charge < -0.3 is 5.32 Å². The van der Waals surface area contributed by atoms with Crippen molar-refractivity contribution in [3.05, 3.63) is 35.6 Å². The molecular weight excluding hydrogens is 239 g/mol. The summed E-state index contributed by atoms with van der Waals surface area (Å²) in [7, 11) is 0. The SMILES string of the molecule is CC(C)C(C#N)CNCC(C)(C)c1ccccc1F. The average molecular weight is 262 g/mol. The molecule has 1 aromatic carbocycles. The average Bonchev–Trinajstić information content (AvgIpc) is 2.34. The zero-order valence-electron chi connectivity index (χ0n) is 12.2. The van der Waals surface area contributed by atoms with Crippen molar-refractivity contribution >= 4 is 0 Å². The van der Waals surface area contributed by atoms with E-state index in [0.29, 0.717) is 24.6 Å². The van der Waals surface area contributed by atoms with Crippen LogP contribution in [0.15, 0.2) is 24.3 Å². The zero-order valence-corrected chi connectivity index (χ0v) is 12.2. The highest BCUT2D eigenvalue weighted by atomic mass is 19.1. The van der Waals surface area contributed by atoms with Crippen molar-refractivity contribution in [2.24, 2.45) is 11.8 Å². The Morgan fingerprint density at radius 2 is 1.95 bits per heavy atom. The number of nitrogens with one attached hydrogen (secondary N) is 1. The second-order valence-corrected chi connectivity index (χ2v) is 5.97. The molecule has 0 saturated carbocycles. The molecule has 19 heavy (non-hydrogen) atoms. The van der Waals surface area contributed by atoms with Crippen LogP contribution < -0.4 is 5.32 Å². The molecule has 1 N–H and O–H groups in total. The fourth-order valence-corrected chi connectivity index (χ4v) is 2.08. The molecule has 2 nitrogen and oxygen atoms in total. The van der Waals surface area contributed by atoms with Crippen LogP contribution in [0, 0.1) is 29.0 Å². The number of hydrogen-bond donors (Lipinski definition) is 1. The van der Waals surface area contributed by atoms with Gasteiger partial charge in [0.25, 0.3) is 0 Å². The summed E-state index contributed by atoms with van der Waals surface area (Å²) in [6.07, 6.45) is 0. The van der Waals surface area contributed by atoms with Crippen LogP contribution in [0.1, 0.15) is 33.3 Å². The monoisotopic (exact) mass is 262 g/mol. The quantitative estimate of drug-likeness (QED) is 0.852. The van der Waals surface area contributed by atoms with E-state index in [1.807, 2.05) is 39.8 Å². The molecule has 1 rings (SSSR count). The van der Waals surface area contributed by atoms with Crippen molar-refractivity contribution < 1.29 is 4.39 Å². The Kier molecular flexibility index (Phi) is 5.50. The predicted octanol–water partition coefficient (Wildman–Crippen LogP) is 3.49. The Balaban J connectivity index is 2.62. The molecule has 1 atom stereocenters. The fraction of sp³-hybridized carbons (Fsp3) is 0.562. The first-order valence-corrected chi connectivity index (χ1v) is 6.74. The fourth-order valence-electron chi connectivity index (χ4n) is 2.08. The summed E-state index contributed by atoms with van der Waals surface area (Å²) < 4.78 is 13.8. The molecule has 104 valence electrons. The first-order valence-electron chi connectivity index (χ1n) is 6.74. The van der Waals surface area contributed by atoms with Crippen molar-refractivity contribution in [3.8, 4) is 6.07 Å². The van der Waals surface area contributed by atoms with Crippen molar-refractivity contribution in [1.82, 2.24) is 5.32 Å². The highest BCUT2D eigenvalue weighted by Gasteiger charge is 2.24. The van der Waals surface area contributed by atoms with E-state index in [1.165, 1.54) is 6.07 Å². The summed E-state index contributed by atoms with van der Waals surface area (Å²) in [4.78, 5) is 0. The Morgan fingerprint density at radius 3 is 2.47 bits per heavy atom. The van der Waals surface area contributed by atoms with Crippen LogP contribution in [0.2, 0.25) is 0 Å². The van der Waals surface area contributed by atoms with Gasteiger partial charge in [-0.1, -0.05) is 45.9 Å². The Labute approximate surface area is 115 Å². The second-order valence-electron chi connectivity index (χ2n) is 5.97. The van der Waals surface area contributed by atoms with Crippen LogP contribution >= 0.6 is 0 Å². The third-order valence-corrected chi connectivity index (χ3v) is 3.50. The van der Waals surface area contributed by atoms with Gasteiger partial charge in [-0.05, 0) is 17.5 Å². The number of halogens is 1. The van der Waals surface area contributed by atoms with Gasteiger partial charge in [-0.2, -0.15) is 5.26 Å². The van der Waals surface area contributed by atoms with Gasteiger partial charge in [0, 0.05) is 18.5 Å². The normalized spacial score (nSPS) is 13.3. The first-order chi connectivity index (χ1) is 8.88. The van der Waals surface area contributed by atoms with Gasteiger partial charge in [-0.15, -0.1) is 0 Å². The minimum Gasteiger partial charge on any atom is -0.315 e. The lowest BCUT2D eigenvalue weighted by molar-refractivity contribution is 0.394. The van der Waals surface area contributed by atoms with Gasteiger partial charge in [-0.3, -0.25) is 0 Å². The summed E-state index contributed by atoms with van der Waals surface area (Å²) in [5, 5.41) is 12.3. The van der Waals surface area contributed by atoms with Crippen molar-refractivity contribution in [1.29, 1.82) is 5.26 Å². The highest BCUT2D eigenvalue weighted by molar-refractivity contribution is 5.25. The lowest BCUT2D eigenvalue weighted by Crippen LogP contribution is -2.36. The minimum absolute atomic E-state index is 0.00331. The van der Waals surface area contributed by atoms with Crippen molar-refractivity contribution in [2.75, 3.05) is 13.1 Å². The largest absolute Gasteiger partial charge is 0.315 e. The maximum absolute atomic E-state index is 13.8. The summed E-state index contributed by atoms with van der Waals surface area (Å²) in [6.45, 7) is 9.39. The van der Waals surface area contributed by atoms with Crippen LogP contribution in [0.5, 0.6) is 0 Å². The molecule has 0 heterocycles. The molecule has 3 heteroatoms. The molecule has 0 aromatic heterocycles. The minimum atomic E-state index is -0.289. The van der Waals surface area contributed by atoms with Gasteiger partial charge in [0.2, 0.25) is 0 Å². The lowest BCUT2D eigenvalue weighted by Gasteiger charge is -2.27. The Hall–Kier alpha value is -1.40. The molecule has 0 radical (unpaired) electrons. The van der Waals surface area contributed by atoms with E-state index < -0.39 is 0 Å². The van der Waals surface area contributed by atoms with Crippen LogP contribution in [0.3, 0.4) is 0 Å². The van der Waals surface area contributed by atoms with Gasteiger partial charge >= 0.3 is 0 Å². The zero-order chi connectivity index (χ0) is 14.5. The number of nitriles is 1. The van der Waals surface area contributed by atoms with E-state index in [2.05, 4.69) is 11.4 Å². The molecule has 0 spiro atoms. The summed E-state index contributed by atoms with van der Waals surface area (Å²) in [6, 6.07) is 9.17. The molecule has 0 aliphatic heterocycles. The number of hydrogen-bond acceptors (Lipinski definition) is 2. The lowest BCUT2D eigenvalue weighted by atomic mass is 9.84. The van der Waals surface area contributed by atoms with Gasteiger partial charge in [0.15, 0.2) is 0 Å². The van der Waals surface area contributed by atoms with E-state index in [-0.39, 0.29) is 17.2 Å². The van der Waals surface area contributed by atoms with Crippen LogP contribution in [-0.4, -0.2) is 13.1 Å². The smallest absolute Gasteiger partial charge is 0.126 e. The summed E-state index contributed by atoms with van der Waals surface area (Å²) >= 11 is 0. The van der Waals surface area contributed by atoms with E-state index in [9.17, 15) is 4.39 Å². The molecule has 1 unspecified atom stereocenters. The van der Waals surface area contributed by atoms with Crippen LogP contribution in [0.4, 0.5) is 4.39 Å². The van der Waals surface area contributed by atoms with Crippen molar-refractivity contribution in [3.63, 3.8) is 0 Å². The highest BCUT2D eigenvalue weighted by Crippen LogP contribution is 2.24. The van der Waals surface area contributed by atoms with Gasteiger partial charge in [-0.25, -0.2) is 4.39 Å². The number of benzene rings is 1. The summed E-state index contributed by atoms with van der Waals surface area (Å²) in [5.41, 5.74) is 0.419. The Bertz CT molecular complexity index is 446. The topological polar surface area (TPSA) is 35.8 Å². The van der Waals surface area contributed by atoms with Crippen molar-refractivity contribution in [2.45, 2.75) is 33.1 Å². The first kappa shape index (κ1) is 15.7. The molecule has 1 aromatic rings. The maximum Gasteiger partial charge on any atom is 0.126 e. The second kappa shape index (κ2) is 6.68. The van der Waals surface area contributed by atoms with E-state index in [1.54, 1.807) is 6.07 Å². The number of rotatable bonds is 6. The number of nitrogens with zero attached hydrogens (tertiary/aromatic N) is 1. The molecule has 0 aliphatic rings. The maximum atomic E-state index is 13.8. The van der Waals surface area contributed by atoms with Crippen LogP contribution in [-0.2, 0) is 5.41 Å². The van der Waals surface area contributed by atoms with E-state index in [4.69, 9.17) is 5.26 Å². The third kappa shape index (κ3) is 4.33. The van der Waals surface area contributed by atoms with Crippen LogP contribution in [0.25, 0.3) is 0 Å². The molecule has 0 aliphatic carbocycles. The molecule has 0 amide bonds. The van der Waals surface area contributed by atoms with Gasteiger partial charge in [0.05, 0.1) is 12.0 Å². The van der Waals surface area contributed by atoms with E-state index >= 15 is 0 Å². The predicted molar refractivity (Wildman–Crippen MR) is 76.2 cm³/mol. The third-order valence-electron chi connectivity index (χ3n) is 3.50. The molecule has 0 bridgehead atoms. The van der Waals surface area contributed by atoms with E-state index in [0.717, 1.165) is 0 Å².